The van der Waals surface area contributed by atoms with E-state index in [0.717, 1.165) is 5.69 Å². The standard InChI is InChI=1S/C11H8Cl4N4/c12-7(13)9-17-10(8(14)15)19-11(18-9)16-6-4-2-1-3-5-6/h1-5,7-8H,(H,16,17,18,19). The predicted molar refractivity (Wildman–Crippen MR) is 78.4 cm³/mol. The Labute approximate surface area is 130 Å². The lowest BCUT2D eigenvalue weighted by Crippen LogP contribution is -2.07. The van der Waals surface area contributed by atoms with Crippen LogP contribution in [-0.4, -0.2) is 15.0 Å². The number of benzene rings is 1. The van der Waals surface area contributed by atoms with Crippen LogP contribution in [0.1, 0.15) is 21.3 Å². The van der Waals surface area contributed by atoms with Crippen molar-refractivity contribution in [3.8, 4) is 0 Å². The fourth-order valence-electron chi connectivity index (χ4n) is 1.31. The number of alkyl halides is 4. The van der Waals surface area contributed by atoms with Gasteiger partial charge < -0.3 is 5.32 Å². The Morgan fingerprint density at radius 3 is 1.79 bits per heavy atom. The van der Waals surface area contributed by atoms with Crippen LogP contribution < -0.4 is 5.32 Å². The molecule has 19 heavy (non-hydrogen) atoms. The van der Waals surface area contributed by atoms with Gasteiger partial charge in [0.25, 0.3) is 0 Å². The van der Waals surface area contributed by atoms with E-state index in [1.54, 1.807) is 0 Å². The predicted octanol–water partition coefficient (Wildman–Crippen LogP) is 4.57. The molecule has 0 aliphatic carbocycles. The first-order valence-corrected chi connectivity index (χ1v) is 6.95. The van der Waals surface area contributed by atoms with Crippen LogP contribution in [0.15, 0.2) is 30.3 Å². The van der Waals surface area contributed by atoms with E-state index in [2.05, 4.69) is 20.3 Å². The number of halogens is 4. The highest BCUT2D eigenvalue weighted by Crippen LogP contribution is 2.27. The maximum absolute atomic E-state index is 5.75. The van der Waals surface area contributed by atoms with E-state index >= 15 is 0 Å². The largest absolute Gasteiger partial charge is 0.324 e. The number of anilines is 2. The molecule has 0 spiro atoms. The molecule has 1 N–H and O–H groups in total. The monoisotopic (exact) mass is 336 g/mol. The summed E-state index contributed by atoms with van der Waals surface area (Å²) in [6.07, 6.45) is 0. The number of aromatic nitrogens is 3. The fraction of sp³-hybridized carbons (Fsp3) is 0.182. The lowest BCUT2D eigenvalue weighted by atomic mass is 10.3. The molecule has 0 radical (unpaired) electrons. The van der Waals surface area contributed by atoms with Crippen molar-refractivity contribution in [1.29, 1.82) is 0 Å². The van der Waals surface area contributed by atoms with Crippen LogP contribution >= 0.6 is 46.4 Å². The quantitative estimate of drug-likeness (QED) is 0.830. The van der Waals surface area contributed by atoms with Crippen molar-refractivity contribution in [2.45, 2.75) is 9.67 Å². The summed E-state index contributed by atoms with van der Waals surface area (Å²) in [7, 11) is 0. The second-order valence-electron chi connectivity index (χ2n) is 3.47. The molecule has 0 aliphatic heterocycles. The molecule has 0 saturated heterocycles. The first kappa shape index (κ1) is 14.6. The Hall–Kier alpha value is -0.810. The van der Waals surface area contributed by atoms with E-state index in [1.165, 1.54) is 0 Å². The zero-order valence-corrected chi connectivity index (χ0v) is 12.4. The van der Waals surface area contributed by atoms with E-state index in [-0.39, 0.29) is 17.6 Å². The first-order chi connectivity index (χ1) is 9.06. The average molecular weight is 338 g/mol. The molecular formula is C11H8Cl4N4. The van der Waals surface area contributed by atoms with Gasteiger partial charge in [0.2, 0.25) is 5.95 Å². The number of nitrogens with one attached hydrogen (secondary N) is 1. The van der Waals surface area contributed by atoms with Gasteiger partial charge in [-0.1, -0.05) is 64.6 Å². The third-order valence-corrected chi connectivity index (χ3v) is 2.87. The molecular weight excluding hydrogens is 330 g/mol. The number of para-hydroxylation sites is 1. The lowest BCUT2D eigenvalue weighted by Gasteiger charge is -2.09. The molecule has 1 heterocycles. The summed E-state index contributed by atoms with van der Waals surface area (Å²) in [5, 5.41) is 3.00. The highest BCUT2D eigenvalue weighted by atomic mass is 35.5. The van der Waals surface area contributed by atoms with Gasteiger partial charge in [0.15, 0.2) is 21.3 Å². The van der Waals surface area contributed by atoms with Crippen LogP contribution in [-0.2, 0) is 0 Å². The number of hydrogen-bond donors (Lipinski definition) is 1. The van der Waals surface area contributed by atoms with E-state index in [4.69, 9.17) is 46.4 Å². The number of nitrogens with zero attached hydrogens (tertiary/aromatic N) is 3. The number of rotatable bonds is 4. The summed E-state index contributed by atoms with van der Waals surface area (Å²) in [6, 6.07) is 9.38. The van der Waals surface area contributed by atoms with Crippen LogP contribution in [0.3, 0.4) is 0 Å². The van der Waals surface area contributed by atoms with Crippen LogP contribution in [0, 0.1) is 0 Å². The van der Waals surface area contributed by atoms with Crippen LogP contribution in [0.2, 0.25) is 0 Å². The highest BCUT2D eigenvalue weighted by Gasteiger charge is 2.16. The Bertz CT molecular complexity index is 521. The van der Waals surface area contributed by atoms with Crippen molar-refractivity contribution < 1.29 is 0 Å². The Balaban J connectivity index is 2.34. The number of hydrogen-bond acceptors (Lipinski definition) is 4. The van der Waals surface area contributed by atoms with E-state index in [9.17, 15) is 0 Å². The summed E-state index contributed by atoms with van der Waals surface area (Å²) >= 11 is 23.0. The van der Waals surface area contributed by atoms with Crippen molar-refractivity contribution >= 4 is 58.0 Å². The van der Waals surface area contributed by atoms with Gasteiger partial charge >= 0.3 is 0 Å². The van der Waals surface area contributed by atoms with E-state index in [0.29, 0.717) is 0 Å². The Morgan fingerprint density at radius 1 is 0.789 bits per heavy atom. The minimum atomic E-state index is -0.884. The molecule has 100 valence electrons. The molecule has 0 unspecified atom stereocenters. The van der Waals surface area contributed by atoms with Crippen LogP contribution in [0.4, 0.5) is 11.6 Å². The van der Waals surface area contributed by atoms with E-state index < -0.39 is 9.67 Å². The molecule has 4 nitrogen and oxygen atoms in total. The molecule has 8 heteroatoms. The van der Waals surface area contributed by atoms with Gasteiger partial charge in [-0.25, -0.2) is 4.98 Å². The molecule has 0 bridgehead atoms. The minimum Gasteiger partial charge on any atom is -0.324 e. The van der Waals surface area contributed by atoms with Crippen molar-refractivity contribution in [1.82, 2.24) is 15.0 Å². The van der Waals surface area contributed by atoms with Gasteiger partial charge in [0.05, 0.1) is 0 Å². The second-order valence-corrected chi connectivity index (χ2v) is 5.66. The average Bonchev–Trinajstić information content (AvgIpc) is 2.39. The van der Waals surface area contributed by atoms with Crippen LogP contribution in [0.5, 0.6) is 0 Å². The molecule has 0 atom stereocenters. The molecule has 0 fully saturated rings. The van der Waals surface area contributed by atoms with Gasteiger partial charge in [-0.2, -0.15) is 9.97 Å². The zero-order chi connectivity index (χ0) is 13.8. The summed E-state index contributed by atoms with van der Waals surface area (Å²) in [5.74, 6) is 0.667. The minimum absolute atomic E-state index is 0.193. The van der Waals surface area contributed by atoms with E-state index in [1.807, 2.05) is 30.3 Å². The molecule has 2 rings (SSSR count). The van der Waals surface area contributed by atoms with Gasteiger partial charge in [0, 0.05) is 5.69 Å². The van der Waals surface area contributed by atoms with Crippen molar-refractivity contribution in [3.05, 3.63) is 42.0 Å². The first-order valence-electron chi connectivity index (χ1n) is 5.20. The Morgan fingerprint density at radius 2 is 1.32 bits per heavy atom. The summed E-state index contributed by atoms with van der Waals surface area (Å²) < 4.78 is 0. The molecule has 2 aromatic rings. The summed E-state index contributed by atoms with van der Waals surface area (Å²) in [5.41, 5.74) is 0.812. The van der Waals surface area contributed by atoms with Gasteiger partial charge in [0.1, 0.15) is 0 Å². The third-order valence-electron chi connectivity index (χ3n) is 2.09. The molecule has 1 aromatic heterocycles. The topological polar surface area (TPSA) is 50.7 Å². The maximum atomic E-state index is 5.75. The zero-order valence-electron chi connectivity index (χ0n) is 9.39. The smallest absolute Gasteiger partial charge is 0.230 e. The Kier molecular flexibility index (Phi) is 5.05. The molecule has 1 aromatic carbocycles. The van der Waals surface area contributed by atoms with Crippen LogP contribution in [0.25, 0.3) is 0 Å². The van der Waals surface area contributed by atoms with Gasteiger partial charge in [-0.05, 0) is 12.1 Å². The SMILES string of the molecule is ClC(Cl)c1nc(Nc2ccccc2)nc(C(Cl)Cl)n1. The van der Waals surface area contributed by atoms with Crippen molar-refractivity contribution in [2.75, 3.05) is 5.32 Å². The highest BCUT2D eigenvalue weighted by molar-refractivity contribution is 6.44. The molecule has 0 saturated carbocycles. The maximum Gasteiger partial charge on any atom is 0.230 e. The summed E-state index contributed by atoms with van der Waals surface area (Å²) in [4.78, 5) is 10.4. The lowest BCUT2D eigenvalue weighted by molar-refractivity contribution is 0.889. The molecule has 0 amide bonds. The van der Waals surface area contributed by atoms with Gasteiger partial charge in [-0.3, -0.25) is 0 Å². The molecule has 0 aliphatic rings. The van der Waals surface area contributed by atoms with Crippen molar-refractivity contribution in [2.24, 2.45) is 0 Å². The van der Waals surface area contributed by atoms with Crippen molar-refractivity contribution in [3.63, 3.8) is 0 Å². The van der Waals surface area contributed by atoms with Gasteiger partial charge in [-0.15, -0.1) is 0 Å². The fourth-order valence-corrected chi connectivity index (χ4v) is 1.70. The normalized spacial score (nSPS) is 11.1. The second kappa shape index (κ2) is 6.57. The third kappa shape index (κ3) is 4.08. The summed E-state index contributed by atoms with van der Waals surface area (Å²) in [6.45, 7) is 0.